The number of fused-ring (bicyclic) bond motifs is 1. The number of hydrogen-bond donors (Lipinski definition) is 1. The molecule has 3 heterocycles. The Kier molecular flexibility index (Phi) is 3.86. The SMILES string of the molecule is COc1ccc(N2CC(c3noc(-c4ccc5cc[nH]c5c4)n3)CC2=O)cc1. The quantitative estimate of drug-likeness (QED) is 0.588. The maximum absolute atomic E-state index is 12.5. The molecule has 1 N–H and O–H groups in total. The number of nitrogens with zero attached hydrogens (tertiary/aromatic N) is 3. The predicted molar refractivity (Wildman–Crippen MR) is 104 cm³/mol. The summed E-state index contributed by atoms with van der Waals surface area (Å²) in [5.41, 5.74) is 2.71. The minimum Gasteiger partial charge on any atom is -0.497 e. The molecule has 28 heavy (non-hydrogen) atoms. The molecule has 1 aliphatic heterocycles. The van der Waals surface area contributed by atoms with E-state index in [1.807, 2.05) is 54.7 Å². The molecule has 1 atom stereocenters. The highest BCUT2D eigenvalue weighted by molar-refractivity contribution is 5.96. The second-order valence-corrected chi connectivity index (χ2v) is 6.84. The maximum Gasteiger partial charge on any atom is 0.258 e. The second-order valence-electron chi connectivity index (χ2n) is 6.84. The minimum atomic E-state index is -0.0960. The monoisotopic (exact) mass is 374 g/mol. The maximum atomic E-state index is 12.5. The summed E-state index contributed by atoms with van der Waals surface area (Å²) >= 11 is 0. The van der Waals surface area contributed by atoms with Gasteiger partial charge in [-0.3, -0.25) is 4.79 Å². The van der Waals surface area contributed by atoms with Crippen LogP contribution < -0.4 is 9.64 Å². The van der Waals surface area contributed by atoms with Crippen LogP contribution in [0.1, 0.15) is 18.2 Å². The molecule has 1 aliphatic rings. The molecule has 1 amide bonds. The van der Waals surface area contributed by atoms with Gasteiger partial charge in [0, 0.05) is 41.8 Å². The molecule has 2 aromatic heterocycles. The van der Waals surface area contributed by atoms with Crippen molar-refractivity contribution in [3.05, 3.63) is 60.6 Å². The van der Waals surface area contributed by atoms with Gasteiger partial charge in [0.2, 0.25) is 5.91 Å². The van der Waals surface area contributed by atoms with E-state index < -0.39 is 0 Å². The van der Waals surface area contributed by atoms with Gasteiger partial charge in [-0.2, -0.15) is 4.98 Å². The van der Waals surface area contributed by atoms with E-state index in [1.54, 1.807) is 12.0 Å². The summed E-state index contributed by atoms with van der Waals surface area (Å²) in [6.45, 7) is 0.528. The van der Waals surface area contributed by atoms with Crippen molar-refractivity contribution in [1.29, 1.82) is 0 Å². The fourth-order valence-electron chi connectivity index (χ4n) is 3.59. The molecule has 1 fully saturated rings. The van der Waals surface area contributed by atoms with Crippen molar-refractivity contribution in [3.63, 3.8) is 0 Å². The minimum absolute atomic E-state index is 0.0503. The molecule has 4 aromatic rings. The number of ether oxygens (including phenoxy) is 1. The van der Waals surface area contributed by atoms with E-state index in [9.17, 15) is 4.79 Å². The molecule has 0 radical (unpaired) electrons. The third-order valence-corrected chi connectivity index (χ3v) is 5.12. The van der Waals surface area contributed by atoms with E-state index in [0.717, 1.165) is 27.9 Å². The lowest BCUT2D eigenvalue weighted by Crippen LogP contribution is -2.24. The van der Waals surface area contributed by atoms with Gasteiger partial charge < -0.3 is 19.1 Å². The van der Waals surface area contributed by atoms with Crippen LogP contribution >= 0.6 is 0 Å². The summed E-state index contributed by atoms with van der Waals surface area (Å²) < 4.78 is 10.7. The Labute approximate surface area is 160 Å². The molecular formula is C21H18N4O3. The lowest BCUT2D eigenvalue weighted by molar-refractivity contribution is -0.117. The van der Waals surface area contributed by atoms with Gasteiger partial charge in [-0.25, -0.2) is 0 Å². The average Bonchev–Trinajstić information content (AvgIpc) is 3.46. The highest BCUT2D eigenvalue weighted by Crippen LogP contribution is 2.32. The molecule has 1 saturated heterocycles. The molecule has 0 aliphatic carbocycles. The van der Waals surface area contributed by atoms with Crippen LogP contribution in [0, 0.1) is 0 Å². The van der Waals surface area contributed by atoms with Crippen LogP contribution in [0.5, 0.6) is 5.75 Å². The average molecular weight is 374 g/mol. The van der Waals surface area contributed by atoms with Crippen LogP contribution in [0.25, 0.3) is 22.4 Å². The zero-order valence-electron chi connectivity index (χ0n) is 15.3. The van der Waals surface area contributed by atoms with Gasteiger partial charge in [0.05, 0.1) is 7.11 Å². The number of rotatable bonds is 4. The number of hydrogen-bond acceptors (Lipinski definition) is 5. The van der Waals surface area contributed by atoms with E-state index in [1.165, 1.54) is 0 Å². The van der Waals surface area contributed by atoms with E-state index in [-0.39, 0.29) is 11.8 Å². The highest BCUT2D eigenvalue weighted by atomic mass is 16.5. The molecule has 2 aromatic carbocycles. The van der Waals surface area contributed by atoms with Crippen molar-refractivity contribution in [1.82, 2.24) is 15.1 Å². The number of aromatic nitrogens is 3. The first-order chi connectivity index (χ1) is 13.7. The molecule has 140 valence electrons. The number of benzene rings is 2. The van der Waals surface area contributed by atoms with Crippen molar-refractivity contribution in [2.24, 2.45) is 0 Å². The summed E-state index contributed by atoms with van der Waals surface area (Å²) in [7, 11) is 1.62. The lowest BCUT2D eigenvalue weighted by Gasteiger charge is -2.16. The molecule has 7 heteroatoms. The first kappa shape index (κ1) is 16.6. The molecule has 7 nitrogen and oxygen atoms in total. The standard InChI is InChI=1S/C21H18N4O3/c1-27-17-6-4-16(5-7-17)25-12-15(11-19(25)26)20-23-21(28-24-20)14-3-2-13-8-9-22-18(13)10-14/h2-10,15,22H,11-12H2,1H3. The van der Waals surface area contributed by atoms with Gasteiger partial charge in [0.25, 0.3) is 5.89 Å². The van der Waals surface area contributed by atoms with Crippen molar-refractivity contribution in [2.45, 2.75) is 12.3 Å². The van der Waals surface area contributed by atoms with Gasteiger partial charge >= 0.3 is 0 Å². The van der Waals surface area contributed by atoms with Crippen molar-refractivity contribution < 1.29 is 14.1 Å². The largest absolute Gasteiger partial charge is 0.497 e. The third kappa shape index (κ3) is 2.81. The normalized spacial score (nSPS) is 16.8. The summed E-state index contributed by atoms with van der Waals surface area (Å²) in [6.07, 6.45) is 2.26. The van der Waals surface area contributed by atoms with Crippen LogP contribution in [0.4, 0.5) is 5.69 Å². The van der Waals surface area contributed by atoms with Crippen LogP contribution in [-0.2, 0) is 4.79 Å². The summed E-state index contributed by atoms with van der Waals surface area (Å²) in [6, 6.07) is 15.4. The van der Waals surface area contributed by atoms with Crippen molar-refractivity contribution in [3.8, 4) is 17.2 Å². The number of anilines is 1. The van der Waals surface area contributed by atoms with Crippen LogP contribution in [0.2, 0.25) is 0 Å². The molecular weight excluding hydrogens is 356 g/mol. The van der Waals surface area contributed by atoms with Crippen LogP contribution in [0.3, 0.4) is 0 Å². The van der Waals surface area contributed by atoms with Gasteiger partial charge in [-0.1, -0.05) is 11.2 Å². The number of aromatic amines is 1. The number of nitrogens with one attached hydrogen (secondary N) is 1. The molecule has 0 bridgehead atoms. The zero-order chi connectivity index (χ0) is 19.1. The zero-order valence-corrected chi connectivity index (χ0v) is 15.3. The topological polar surface area (TPSA) is 84.2 Å². The first-order valence-electron chi connectivity index (χ1n) is 9.07. The van der Waals surface area contributed by atoms with Gasteiger partial charge in [0.1, 0.15) is 5.75 Å². The van der Waals surface area contributed by atoms with E-state index in [2.05, 4.69) is 15.1 Å². The summed E-state index contributed by atoms with van der Waals surface area (Å²) in [5, 5.41) is 5.26. The van der Waals surface area contributed by atoms with Crippen molar-refractivity contribution in [2.75, 3.05) is 18.6 Å². The fraction of sp³-hybridized carbons (Fsp3) is 0.190. The van der Waals surface area contributed by atoms with E-state index in [0.29, 0.717) is 24.7 Å². The highest BCUT2D eigenvalue weighted by Gasteiger charge is 2.34. The number of H-pyrrole nitrogens is 1. The lowest BCUT2D eigenvalue weighted by atomic mass is 10.1. The molecule has 0 saturated carbocycles. The second kappa shape index (κ2) is 6.53. The first-order valence-corrected chi connectivity index (χ1v) is 9.07. The smallest absolute Gasteiger partial charge is 0.258 e. The summed E-state index contributed by atoms with van der Waals surface area (Å²) in [5.74, 6) is 1.73. The third-order valence-electron chi connectivity index (χ3n) is 5.12. The number of carbonyl (C=O) groups excluding carboxylic acids is 1. The van der Waals surface area contributed by atoms with Gasteiger partial charge in [-0.05, 0) is 47.9 Å². The molecule has 5 rings (SSSR count). The Morgan fingerprint density at radius 3 is 2.86 bits per heavy atom. The predicted octanol–water partition coefficient (Wildman–Crippen LogP) is 3.75. The number of carbonyl (C=O) groups is 1. The Hall–Kier alpha value is -3.61. The number of methoxy groups -OCH3 is 1. The van der Waals surface area contributed by atoms with Crippen LogP contribution in [-0.4, -0.2) is 34.7 Å². The summed E-state index contributed by atoms with van der Waals surface area (Å²) in [4.78, 5) is 22.0. The Morgan fingerprint density at radius 1 is 1.18 bits per heavy atom. The van der Waals surface area contributed by atoms with Gasteiger partial charge in [0.15, 0.2) is 5.82 Å². The Balaban J connectivity index is 1.37. The number of amides is 1. The van der Waals surface area contributed by atoms with Crippen LogP contribution in [0.15, 0.2) is 59.3 Å². The van der Waals surface area contributed by atoms with E-state index >= 15 is 0 Å². The van der Waals surface area contributed by atoms with Gasteiger partial charge in [-0.15, -0.1) is 0 Å². The molecule has 0 spiro atoms. The van der Waals surface area contributed by atoms with E-state index in [4.69, 9.17) is 9.26 Å². The molecule has 1 unspecified atom stereocenters. The Bertz CT molecular complexity index is 1150. The fourth-order valence-corrected chi connectivity index (χ4v) is 3.59. The Morgan fingerprint density at radius 2 is 2.04 bits per heavy atom. The van der Waals surface area contributed by atoms with Crippen molar-refractivity contribution >= 4 is 22.5 Å².